The first-order valence-corrected chi connectivity index (χ1v) is 9.60. The molecule has 6 nitrogen and oxygen atoms in total. The number of nitrogens with one attached hydrogen (secondary N) is 2. The molecule has 0 amide bonds. The lowest BCUT2D eigenvalue weighted by atomic mass is 10.1. The van der Waals surface area contributed by atoms with Gasteiger partial charge in [-0.1, -0.05) is 6.07 Å². The number of rotatable bonds is 10. The third-order valence-corrected chi connectivity index (χ3v) is 4.02. The highest BCUT2D eigenvalue weighted by molar-refractivity contribution is 5.79. The molecule has 1 heterocycles. The molecular weight excluding hydrogens is 330 g/mol. The number of benzene rings is 1. The molecular formula is C20H33N3O3. The van der Waals surface area contributed by atoms with Gasteiger partial charge >= 0.3 is 0 Å². The summed E-state index contributed by atoms with van der Waals surface area (Å²) < 4.78 is 16.9. The van der Waals surface area contributed by atoms with Crippen LogP contribution in [0.4, 0.5) is 0 Å². The van der Waals surface area contributed by atoms with Crippen LogP contribution >= 0.6 is 0 Å². The molecule has 0 spiro atoms. The molecule has 2 N–H and O–H groups in total. The van der Waals surface area contributed by atoms with Crippen LogP contribution in [0.2, 0.25) is 0 Å². The number of guanidine groups is 1. The van der Waals surface area contributed by atoms with Crippen molar-refractivity contribution in [1.29, 1.82) is 0 Å². The Hall–Kier alpha value is -1.79. The van der Waals surface area contributed by atoms with Crippen LogP contribution in [0.25, 0.3) is 0 Å². The first-order valence-electron chi connectivity index (χ1n) is 9.60. The monoisotopic (exact) mass is 363 g/mol. The fourth-order valence-electron chi connectivity index (χ4n) is 2.85. The van der Waals surface area contributed by atoms with Gasteiger partial charge in [-0.25, -0.2) is 0 Å². The van der Waals surface area contributed by atoms with Crippen molar-refractivity contribution in [3.8, 4) is 5.75 Å². The van der Waals surface area contributed by atoms with Gasteiger partial charge in [-0.05, 0) is 56.9 Å². The summed E-state index contributed by atoms with van der Waals surface area (Å²) in [6.07, 6.45) is 2.19. The fraction of sp³-hybridized carbons (Fsp3) is 0.650. The first kappa shape index (κ1) is 20.5. The summed E-state index contributed by atoms with van der Waals surface area (Å²) in [5.74, 6) is 1.74. The van der Waals surface area contributed by atoms with E-state index < -0.39 is 0 Å². The SMILES string of the molecule is CCNC(=NCCCOC1CCOC1)NCCOc1cc(C)cc(C)c1. The van der Waals surface area contributed by atoms with Gasteiger partial charge < -0.3 is 24.8 Å². The summed E-state index contributed by atoms with van der Waals surface area (Å²) >= 11 is 0. The summed E-state index contributed by atoms with van der Waals surface area (Å²) in [6.45, 7) is 11.4. The maximum absolute atomic E-state index is 5.82. The van der Waals surface area contributed by atoms with E-state index in [-0.39, 0.29) is 6.10 Å². The maximum atomic E-state index is 5.82. The molecule has 1 aromatic carbocycles. The molecule has 146 valence electrons. The Balaban J connectivity index is 1.62. The Bertz CT molecular complexity index is 537. The van der Waals surface area contributed by atoms with Gasteiger partial charge in [0, 0.05) is 26.3 Å². The lowest BCUT2D eigenvalue weighted by molar-refractivity contribution is 0.0424. The molecule has 1 unspecified atom stereocenters. The van der Waals surface area contributed by atoms with Gasteiger partial charge in [0.2, 0.25) is 0 Å². The lowest BCUT2D eigenvalue weighted by Gasteiger charge is -2.13. The third kappa shape index (κ3) is 8.06. The summed E-state index contributed by atoms with van der Waals surface area (Å²) in [5, 5.41) is 6.56. The van der Waals surface area contributed by atoms with Crippen molar-refractivity contribution in [2.75, 3.05) is 46.1 Å². The second-order valence-corrected chi connectivity index (χ2v) is 6.57. The number of hydrogen-bond acceptors (Lipinski definition) is 4. The Morgan fingerprint density at radius 3 is 2.69 bits per heavy atom. The van der Waals surface area contributed by atoms with Crippen molar-refractivity contribution in [1.82, 2.24) is 10.6 Å². The molecule has 1 saturated heterocycles. The molecule has 26 heavy (non-hydrogen) atoms. The van der Waals surface area contributed by atoms with E-state index in [1.54, 1.807) is 0 Å². The Kier molecular flexibility index (Phi) is 9.28. The largest absolute Gasteiger partial charge is 0.492 e. The summed E-state index contributed by atoms with van der Waals surface area (Å²) in [5.41, 5.74) is 2.43. The molecule has 1 aromatic rings. The first-order chi connectivity index (χ1) is 12.7. The highest BCUT2D eigenvalue weighted by atomic mass is 16.5. The van der Waals surface area contributed by atoms with E-state index in [9.17, 15) is 0 Å². The molecule has 1 aliphatic heterocycles. The van der Waals surface area contributed by atoms with E-state index in [4.69, 9.17) is 14.2 Å². The zero-order valence-electron chi connectivity index (χ0n) is 16.3. The molecule has 0 radical (unpaired) electrons. The van der Waals surface area contributed by atoms with Crippen molar-refractivity contribution in [3.05, 3.63) is 29.3 Å². The summed E-state index contributed by atoms with van der Waals surface area (Å²) in [7, 11) is 0. The van der Waals surface area contributed by atoms with Crippen LogP contribution in [0.15, 0.2) is 23.2 Å². The molecule has 6 heteroatoms. The van der Waals surface area contributed by atoms with Crippen LogP contribution < -0.4 is 15.4 Å². The van der Waals surface area contributed by atoms with Crippen LogP contribution in [0.1, 0.15) is 30.9 Å². The van der Waals surface area contributed by atoms with E-state index >= 15 is 0 Å². The minimum Gasteiger partial charge on any atom is -0.492 e. The van der Waals surface area contributed by atoms with Crippen LogP contribution in [-0.4, -0.2) is 58.1 Å². The predicted octanol–water partition coefficient (Wildman–Crippen LogP) is 2.43. The number of aryl methyl sites for hydroxylation is 2. The van der Waals surface area contributed by atoms with Crippen LogP contribution in [0.5, 0.6) is 5.75 Å². The quantitative estimate of drug-likeness (QED) is 0.380. The third-order valence-electron chi connectivity index (χ3n) is 4.02. The van der Waals surface area contributed by atoms with E-state index in [1.165, 1.54) is 11.1 Å². The average Bonchev–Trinajstić information content (AvgIpc) is 3.11. The number of aliphatic imine (C=N–C) groups is 1. The van der Waals surface area contributed by atoms with E-state index in [1.807, 2.05) is 0 Å². The number of nitrogens with zero attached hydrogens (tertiary/aromatic N) is 1. The van der Waals surface area contributed by atoms with Gasteiger partial charge in [0.25, 0.3) is 0 Å². The van der Waals surface area contributed by atoms with Crippen molar-refractivity contribution in [2.24, 2.45) is 4.99 Å². The van der Waals surface area contributed by atoms with Gasteiger partial charge in [-0.15, -0.1) is 0 Å². The van der Waals surface area contributed by atoms with Crippen molar-refractivity contribution < 1.29 is 14.2 Å². The van der Waals surface area contributed by atoms with Crippen LogP contribution in [0.3, 0.4) is 0 Å². The second-order valence-electron chi connectivity index (χ2n) is 6.57. The zero-order valence-corrected chi connectivity index (χ0v) is 16.3. The maximum Gasteiger partial charge on any atom is 0.191 e. The molecule has 0 aliphatic carbocycles. The Morgan fingerprint density at radius 2 is 2.00 bits per heavy atom. The standard InChI is InChI=1S/C20H33N3O3/c1-4-21-20(22-7-5-9-25-18-6-10-24-15-18)23-8-11-26-19-13-16(2)12-17(3)14-19/h12-14,18H,4-11,15H2,1-3H3,(H2,21,22,23). The van der Waals surface area contributed by atoms with Crippen LogP contribution in [-0.2, 0) is 9.47 Å². The topological polar surface area (TPSA) is 64.1 Å². The predicted molar refractivity (Wildman–Crippen MR) is 105 cm³/mol. The molecule has 2 rings (SSSR count). The smallest absolute Gasteiger partial charge is 0.191 e. The van der Waals surface area contributed by atoms with Gasteiger partial charge in [0.1, 0.15) is 12.4 Å². The minimum absolute atomic E-state index is 0.271. The van der Waals surface area contributed by atoms with Crippen molar-refractivity contribution in [3.63, 3.8) is 0 Å². The summed E-state index contributed by atoms with van der Waals surface area (Å²) in [4.78, 5) is 4.58. The number of hydrogen-bond donors (Lipinski definition) is 2. The van der Waals surface area contributed by atoms with Gasteiger partial charge in [0.15, 0.2) is 5.96 Å². The van der Waals surface area contributed by atoms with Gasteiger partial charge in [-0.3, -0.25) is 4.99 Å². The molecule has 0 bridgehead atoms. The molecule has 1 atom stereocenters. The average molecular weight is 364 g/mol. The Morgan fingerprint density at radius 1 is 1.19 bits per heavy atom. The van der Waals surface area contributed by atoms with E-state index in [2.05, 4.69) is 54.6 Å². The van der Waals surface area contributed by atoms with Crippen LogP contribution in [0, 0.1) is 13.8 Å². The fourth-order valence-corrected chi connectivity index (χ4v) is 2.85. The molecule has 0 saturated carbocycles. The second kappa shape index (κ2) is 11.8. The van der Waals surface area contributed by atoms with E-state index in [0.29, 0.717) is 13.2 Å². The normalized spacial score (nSPS) is 17.3. The highest BCUT2D eigenvalue weighted by Gasteiger charge is 2.15. The molecule has 1 fully saturated rings. The molecule has 0 aromatic heterocycles. The van der Waals surface area contributed by atoms with Crippen molar-refractivity contribution in [2.45, 2.75) is 39.7 Å². The number of ether oxygens (including phenoxy) is 3. The zero-order chi connectivity index (χ0) is 18.6. The van der Waals surface area contributed by atoms with Crippen molar-refractivity contribution >= 4 is 5.96 Å². The van der Waals surface area contributed by atoms with Gasteiger partial charge in [0.05, 0.1) is 19.3 Å². The molecule has 1 aliphatic rings. The summed E-state index contributed by atoms with van der Waals surface area (Å²) in [6, 6.07) is 6.26. The minimum atomic E-state index is 0.271. The lowest BCUT2D eigenvalue weighted by Crippen LogP contribution is -2.39. The Labute approximate surface area is 157 Å². The van der Waals surface area contributed by atoms with Gasteiger partial charge in [-0.2, -0.15) is 0 Å². The van der Waals surface area contributed by atoms with E-state index in [0.717, 1.165) is 57.5 Å². The highest BCUT2D eigenvalue weighted by Crippen LogP contribution is 2.15.